The van der Waals surface area contributed by atoms with Gasteiger partial charge in [0.05, 0.1) is 5.02 Å². The molecule has 0 spiro atoms. The van der Waals surface area contributed by atoms with Gasteiger partial charge in [0.2, 0.25) is 10.0 Å². The van der Waals surface area contributed by atoms with Crippen LogP contribution in [0.5, 0.6) is 5.75 Å². The van der Waals surface area contributed by atoms with Crippen molar-refractivity contribution in [2.24, 2.45) is 0 Å². The Kier molecular flexibility index (Phi) is 6.83. The molecule has 2 aromatic carbocycles. The molecule has 0 atom stereocenters. The number of carbonyl (C=O) groups excluding carboxylic acids is 1. The third-order valence-electron chi connectivity index (χ3n) is 5.04. The van der Waals surface area contributed by atoms with Crippen molar-refractivity contribution in [3.8, 4) is 5.75 Å². The fraction of sp³-hybridized carbons (Fsp3) is 0.273. The van der Waals surface area contributed by atoms with E-state index in [0.29, 0.717) is 16.5 Å². The lowest BCUT2D eigenvalue weighted by Crippen LogP contribution is -2.25. The largest absolute Gasteiger partial charge is 0.422 e. The first kappa shape index (κ1) is 24.7. The zero-order chi connectivity index (χ0) is 24.7. The van der Waals surface area contributed by atoms with E-state index in [9.17, 15) is 22.4 Å². The van der Waals surface area contributed by atoms with Gasteiger partial charge in [0, 0.05) is 51.6 Å². The summed E-state index contributed by atoms with van der Waals surface area (Å²) in [5, 5.41) is 0.657. The van der Waals surface area contributed by atoms with E-state index in [-0.39, 0.29) is 28.3 Å². The van der Waals surface area contributed by atoms with Crippen molar-refractivity contribution >= 4 is 38.7 Å². The molecule has 3 aromatic rings. The van der Waals surface area contributed by atoms with Gasteiger partial charge in [-0.15, -0.1) is 0 Å². The molecule has 8 nitrogen and oxygen atoms in total. The molecule has 0 aliphatic carbocycles. The van der Waals surface area contributed by atoms with E-state index in [0.717, 1.165) is 10.4 Å². The summed E-state index contributed by atoms with van der Waals surface area (Å²) in [5.41, 5.74) is 0.733. The number of nitrogens with zero attached hydrogens (tertiary/aromatic N) is 2. The lowest BCUT2D eigenvalue weighted by atomic mass is 9.99. The summed E-state index contributed by atoms with van der Waals surface area (Å²) in [4.78, 5) is 25.3. The van der Waals surface area contributed by atoms with E-state index < -0.39 is 32.5 Å². The molecule has 11 heteroatoms. The van der Waals surface area contributed by atoms with Gasteiger partial charge in [-0.05, 0) is 36.2 Å². The van der Waals surface area contributed by atoms with Crippen LogP contribution in [-0.2, 0) is 16.4 Å². The first-order valence-electron chi connectivity index (χ1n) is 9.69. The minimum absolute atomic E-state index is 0.00925. The molecule has 3 rings (SSSR count). The van der Waals surface area contributed by atoms with Gasteiger partial charge in [0.1, 0.15) is 16.3 Å². The molecule has 1 heterocycles. The lowest BCUT2D eigenvalue weighted by molar-refractivity contribution is 0.172. The van der Waals surface area contributed by atoms with Crippen LogP contribution in [0.1, 0.15) is 16.7 Å². The van der Waals surface area contributed by atoms with Crippen molar-refractivity contribution in [3.05, 3.63) is 68.3 Å². The second-order valence-electron chi connectivity index (χ2n) is 7.76. The Hall–Kier alpha value is -2.95. The van der Waals surface area contributed by atoms with Crippen LogP contribution in [0.2, 0.25) is 5.02 Å². The highest BCUT2D eigenvalue weighted by molar-refractivity contribution is 7.89. The highest BCUT2D eigenvalue weighted by Gasteiger charge is 2.23. The van der Waals surface area contributed by atoms with Crippen LogP contribution in [0.3, 0.4) is 0 Å². The number of halogens is 2. The van der Waals surface area contributed by atoms with Crippen LogP contribution in [0, 0.1) is 12.7 Å². The summed E-state index contributed by atoms with van der Waals surface area (Å²) in [6.45, 7) is 1.69. The number of hydrogen-bond donors (Lipinski definition) is 0. The highest BCUT2D eigenvalue weighted by atomic mass is 35.5. The Balaban J connectivity index is 2.07. The second kappa shape index (κ2) is 9.12. The third kappa shape index (κ3) is 4.87. The number of sulfonamides is 1. The predicted octanol–water partition coefficient (Wildman–Crippen LogP) is 3.80. The minimum atomic E-state index is -4.01. The Morgan fingerprint density at radius 2 is 1.82 bits per heavy atom. The molecular formula is C22H22ClFN2O6S. The Morgan fingerprint density at radius 1 is 1.15 bits per heavy atom. The van der Waals surface area contributed by atoms with Crippen LogP contribution in [-0.4, -0.2) is 51.9 Å². The molecule has 176 valence electrons. The molecule has 0 saturated heterocycles. The van der Waals surface area contributed by atoms with Gasteiger partial charge < -0.3 is 14.1 Å². The fourth-order valence-corrected chi connectivity index (χ4v) is 4.32. The summed E-state index contributed by atoms with van der Waals surface area (Å²) < 4.78 is 50.6. The molecule has 0 fully saturated rings. The van der Waals surface area contributed by atoms with Gasteiger partial charge in [0.25, 0.3) is 0 Å². The van der Waals surface area contributed by atoms with E-state index in [1.807, 2.05) is 0 Å². The zero-order valence-electron chi connectivity index (χ0n) is 18.6. The number of ether oxygens (including phenoxy) is 1. The topological polar surface area (TPSA) is 97.1 Å². The van der Waals surface area contributed by atoms with Crippen LogP contribution in [0.25, 0.3) is 11.0 Å². The smallest absolute Gasteiger partial charge is 0.414 e. The summed E-state index contributed by atoms with van der Waals surface area (Å²) >= 11 is 6.27. The monoisotopic (exact) mass is 496 g/mol. The van der Waals surface area contributed by atoms with Crippen LogP contribution >= 0.6 is 11.6 Å². The van der Waals surface area contributed by atoms with Gasteiger partial charge in [-0.1, -0.05) is 17.7 Å². The number of fused-ring (bicyclic) bond motifs is 1. The van der Waals surface area contributed by atoms with Crippen molar-refractivity contribution in [2.45, 2.75) is 18.2 Å². The molecular weight excluding hydrogens is 475 g/mol. The molecule has 33 heavy (non-hydrogen) atoms. The summed E-state index contributed by atoms with van der Waals surface area (Å²) in [6.07, 6.45) is -0.637. The summed E-state index contributed by atoms with van der Waals surface area (Å²) in [5.74, 6) is -0.850. The fourth-order valence-electron chi connectivity index (χ4n) is 3.11. The highest BCUT2D eigenvalue weighted by Crippen LogP contribution is 2.33. The lowest BCUT2D eigenvalue weighted by Gasteiger charge is -2.14. The van der Waals surface area contributed by atoms with Gasteiger partial charge in [-0.25, -0.2) is 26.7 Å². The standard InChI is InChI=1S/C22H22ClFN2O6S/c1-12-14-10-16(23)19(32-22(28)25(2)3)11-18(14)31-21(27)15(12)8-13-6-7-17(24)20(9-13)33(29,30)26(4)5/h6-7,9-11H,8H2,1-5H3. The molecule has 0 N–H and O–H groups in total. The van der Waals surface area contributed by atoms with Crippen molar-refractivity contribution < 1.29 is 26.8 Å². The van der Waals surface area contributed by atoms with E-state index in [1.165, 1.54) is 57.4 Å². The van der Waals surface area contributed by atoms with Crippen LogP contribution in [0.4, 0.5) is 9.18 Å². The van der Waals surface area contributed by atoms with Gasteiger partial charge in [0.15, 0.2) is 5.75 Å². The van der Waals surface area contributed by atoms with E-state index >= 15 is 0 Å². The maximum atomic E-state index is 14.2. The first-order chi connectivity index (χ1) is 15.3. The number of hydrogen-bond acceptors (Lipinski definition) is 6. The molecule has 0 unspecified atom stereocenters. The third-order valence-corrected chi connectivity index (χ3v) is 7.16. The number of carbonyl (C=O) groups is 1. The van der Waals surface area contributed by atoms with Gasteiger partial charge >= 0.3 is 11.7 Å². The van der Waals surface area contributed by atoms with Crippen molar-refractivity contribution in [1.82, 2.24) is 9.21 Å². The van der Waals surface area contributed by atoms with Gasteiger partial charge in [-0.3, -0.25) is 0 Å². The average molecular weight is 497 g/mol. The maximum absolute atomic E-state index is 14.2. The number of benzene rings is 2. The van der Waals surface area contributed by atoms with E-state index in [4.69, 9.17) is 20.8 Å². The molecule has 0 saturated carbocycles. The Morgan fingerprint density at radius 3 is 2.42 bits per heavy atom. The minimum Gasteiger partial charge on any atom is -0.422 e. The molecule has 0 aliphatic rings. The average Bonchev–Trinajstić information content (AvgIpc) is 2.73. The molecule has 0 aliphatic heterocycles. The van der Waals surface area contributed by atoms with Crippen LogP contribution in [0.15, 0.2) is 44.4 Å². The zero-order valence-corrected chi connectivity index (χ0v) is 20.2. The quantitative estimate of drug-likeness (QED) is 0.498. The number of amides is 1. The SMILES string of the molecule is Cc1c(Cc2ccc(F)c(S(=O)(=O)N(C)C)c2)c(=O)oc2cc(OC(=O)N(C)C)c(Cl)cc12. The van der Waals surface area contributed by atoms with Crippen molar-refractivity contribution in [2.75, 3.05) is 28.2 Å². The number of rotatable bonds is 5. The van der Waals surface area contributed by atoms with E-state index in [1.54, 1.807) is 6.92 Å². The molecule has 1 aromatic heterocycles. The Labute approximate surface area is 195 Å². The number of aryl methyl sites for hydroxylation is 1. The summed E-state index contributed by atoms with van der Waals surface area (Å²) in [7, 11) is 1.62. The molecule has 0 radical (unpaired) electrons. The van der Waals surface area contributed by atoms with E-state index in [2.05, 4.69) is 0 Å². The summed E-state index contributed by atoms with van der Waals surface area (Å²) in [6, 6.07) is 6.53. The second-order valence-corrected chi connectivity index (χ2v) is 10.3. The molecule has 0 bridgehead atoms. The van der Waals surface area contributed by atoms with Gasteiger partial charge in [-0.2, -0.15) is 0 Å². The molecule has 1 amide bonds. The maximum Gasteiger partial charge on any atom is 0.414 e. The first-order valence-corrected chi connectivity index (χ1v) is 11.5. The normalized spacial score (nSPS) is 11.8. The Bertz CT molecular complexity index is 1420. The van der Waals surface area contributed by atoms with Crippen LogP contribution < -0.4 is 10.4 Å². The predicted molar refractivity (Wildman–Crippen MR) is 122 cm³/mol. The van der Waals surface area contributed by atoms with Crippen molar-refractivity contribution in [1.29, 1.82) is 0 Å². The van der Waals surface area contributed by atoms with Crippen molar-refractivity contribution in [3.63, 3.8) is 0 Å².